The normalized spacial score (nSPS) is 15.3. The van der Waals surface area contributed by atoms with Crippen LogP contribution >= 0.6 is 11.3 Å². The van der Waals surface area contributed by atoms with Crippen molar-refractivity contribution in [2.24, 2.45) is 5.92 Å². The zero-order valence-electron chi connectivity index (χ0n) is 13.8. The van der Waals surface area contributed by atoms with E-state index >= 15 is 0 Å². The number of methoxy groups -OCH3 is 1. The Morgan fingerprint density at radius 2 is 2.08 bits per heavy atom. The van der Waals surface area contributed by atoms with Crippen LogP contribution in [0.15, 0.2) is 29.8 Å². The Kier molecular flexibility index (Phi) is 5.63. The van der Waals surface area contributed by atoms with E-state index in [0.717, 1.165) is 44.5 Å². The van der Waals surface area contributed by atoms with Crippen molar-refractivity contribution < 1.29 is 9.53 Å². The number of carbonyl (C=O) groups excluding carboxylic acids is 1. The number of hydrogen-bond acceptors (Lipinski definition) is 5. The van der Waals surface area contributed by atoms with Crippen molar-refractivity contribution in [1.82, 2.24) is 15.1 Å². The van der Waals surface area contributed by atoms with Crippen LogP contribution in [0.1, 0.15) is 24.8 Å². The number of piperidine rings is 1. The average Bonchev–Trinajstić information content (AvgIpc) is 3.14. The summed E-state index contributed by atoms with van der Waals surface area (Å²) in [7, 11) is 1.68. The quantitative estimate of drug-likeness (QED) is 0.901. The molecule has 1 aliphatic rings. The third-order valence-corrected chi connectivity index (χ3v) is 5.08. The predicted octanol–water partition coefficient (Wildman–Crippen LogP) is 3.42. The summed E-state index contributed by atoms with van der Waals surface area (Å²) in [5.74, 6) is 1.58. The number of aromatic nitrogens is 2. The van der Waals surface area contributed by atoms with Crippen molar-refractivity contribution in [2.75, 3.05) is 25.5 Å². The number of carbonyl (C=O) groups is 1. The van der Waals surface area contributed by atoms with E-state index in [4.69, 9.17) is 4.74 Å². The standard InChI is InChI=1S/C17H22N4O2S/c1-23-15-6-4-13(5-7-15)2-3-14-8-10-21(11-9-14)17(22)19-16-20-18-12-24-16/h4-7,12,14H,2-3,8-11H2,1H3,(H,19,20,22). The average molecular weight is 346 g/mol. The number of ether oxygens (including phenoxy) is 1. The Labute approximate surface area is 145 Å². The fourth-order valence-corrected chi connectivity index (χ4v) is 3.42. The van der Waals surface area contributed by atoms with Gasteiger partial charge in [0.2, 0.25) is 5.13 Å². The molecule has 1 N–H and O–H groups in total. The predicted molar refractivity (Wildman–Crippen MR) is 94.5 cm³/mol. The van der Waals surface area contributed by atoms with Gasteiger partial charge in [0.15, 0.2) is 0 Å². The third-order valence-electron chi connectivity index (χ3n) is 4.48. The smallest absolute Gasteiger partial charge is 0.323 e. The molecular weight excluding hydrogens is 324 g/mol. The van der Waals surface area contributed by atoms with E-state index in [2.05, 4.69) is 27.6 Å². The minimum absolute atomic E-state index is 0.0691. The van der Waals surface area contributed by atoms with Gasteiger partial charge in [0.05, 0.1) is 7.11 Å². The second-order valence-electron chi connectivity index (χ2n) is 5.99. The Balaban J connectivity index is 1.40. The van der Waals surface area contributed by atoms with Crippen LogP contribution in [0.25, 0.3) is 0 Å². The number of nitrogens with one attached hydrogen (secondary N) is 1. The van der Waals surface area contributed by atoms with Gasteiger partial charge in [-0.3, -0.25) is 5.32 Å². The van der Waals surface area contributed by atoms with Crippen LogP contribution in [-0.2, 0) is 6.42 Å². The van der Waals surface area contributed by atoms with Crippen LogP contribution in [0.5, 0.6) is 5.75 Å². The molecule has 2 amide bonds. The largest absolute Gasteiger partial charge is 0.497 e. The van der Waals surface area contributed by atoms with Gasteiger partial charge in [-0.25, -0.2) is 4.79 Å². The van der Waals surface area contributed by atoms with Gasteiger partial charge in [-0.1, -0.05) is 23.5 Å². The maximum absolute atomic E-state index is 12.2. The minimum Gasteiger partial charge on any atom is -0.497 e. The molecule has 1 fully saturated rings. The number of likely N-dealkylation sites (tertiary alicyclic amines) is 1. The molecule has 1 aliphatic heterocycles. The lowest BCUT2D eigenvalue weighted by Gasteiger charge is -2.31. The fraction of sp³-hybridized carbons (Fsp3) is 0.471. The monoisotopic (exact) mass is 346 g/mol. The SMILES string of the molecule is COc1ccc(CCC2CCN(C(=O)Nc3nncs3)CC2)cc1. The number of amides is 2. The van der Waals surface area contributed by atoms with Gasteiger partial charge >= 0.3 is 6.03 Å². The Bertz CT molecular complexity index is 637. The topological polar surface area (TPSA) is 67.3 Å². The molecule has 0 atom stereocenters. The van der Waals surface area contributed by atoms with E-state index in [1.54, 1.807) is 12.6 Å². The van der Waals surface area contributed by atoms with E-state index < -0.39 is 0 Å². The summed E-state index contributed by atoms with van der Waals surface area (Å²) in [6.07, 6.45) is 4.35. The molecule has 1 saturated heterocycles. The number of hydrogen-bond donors (Lipinski definition) is 1. The zero-order chi connectivity index (χ0) is 16.8. The highest BCUT2D eigenvalue weighted by Crippen LogP contribution is 2.23. The molecule has 24 heavy (non-hydrogen) atoms. The van der Waals surface area contributed by atoms with Gasteiger partial charge in [-0.15, -0.1) is 10.2 Å². The Hall–Kier alpha value is -2.15. The Morgan fingerprint density at radius 3 is 2.71 bits per heavy atom. The van der Waals surface area contributed by atoms with Gasteiger partial charge in [0.25, 0.3) is 0 Å². The van der Waals surface area contributed by atoms with E-state index in [0.29, 0.717) is 11.0 Å². The van der Waals surface area contributed by atoms with E-state index in [9.17, 15) is 4.79 Å². The van der Waals surface area contributed by atoms with E-state index in [1.165, 1.54) is 16.9 Å². The molecular formula is C17H22N4O2S. The lowest BCUT2D eigenvalue weighted by atomic mass is 9.90. The fourth-order valence-electron chi connectivity index (χ4n) is 2.99. The van der Waals surface area contributed by atoms with Crippen LogP contribution in [0.3, 0.4) is 0 Å². The Morgan fingerprint density at radius 1 is 1.33 bits per heavy atom. The van der Waals surface area contributed by atoms with E-state index in [1.807, 2.05) is 17.0 Å². The first-order valence-electron chi connectivity index (χ1n) is 8.19. The summed E-state index contributed by atoms with van der Waals surface area (Å²) in [5.41, 5.74) is 2.95. The number of rotatable bonds is 5. The molecule has 0 spiro atoms. The molecule has 0 radical (unpaired) electrons. The summed E-state index contributed by atoms with van der Waals surface area (Å²) in [5, 5.41) is 10.9. The molecule has 2 aromatic rings. The molecule has 1 aromatic carbocycles. The van der Waals surface area contributed by atoms with Crippen molar-refractivity contribution in [3.8, 4) is 5.75 Å². The van der Waals surface area contributed by atoms with Crippen molar-refractivity contribution in [1.29, 1.82) is 0 Å². The molecule has 2 heterocycles. The molecule has 3 rings (SSSR count). The second kappa shape index (κ2) is 8.10. The summed E-state index contributed by atoms with van der Waals surface area (Å²) < 4.78 is 5.18. The lowest BCUT2D eigenvalue weighted by Crippen LogP contribution is -2.41. The van der Waals surface area contributed by atoms with E-state index in [-0.39, 0.29) is 6.03 Å². The van der Waals surface area contributed by atoms with Crippen LogP contribution < -0.4 is 10.1 Å². The van der Waals surface area contributed by atoms with Crippen molar-refractivity contribution in [2.45, 2.75) is 25.7 Å². The second-order valence-corrected chi connectivity index (χ2v) is 6.82. The summed E-state index contributed by atoms with van der Waals surface area (Å²) in [4.78, 5) is 14.0. The molecule has 1 aromatic heterocycles. The van der Waals surface area contributed by atoms with Crippen LogP contribution in [-0.4, -0.2) is 41.3 Å². The molecule has 6 nitrogen and oxygen atoms in total. The lowest BCUT2D eigenvalue weighted by molar-refractivity contribution is 0.180. The number of aryl methyl sites for hydroxylation is 1. The molecule has 0 bridgehead atoms. The first-order chi connectivity index (χ1) is 11.7. The number of nitrogens with zero attached hydrogens (tertiary/aromatic N) is 3. The molecule has 0 saturated carbocycles. The van der Waals surface area contributed by atoms with Crippen molar-refractivity contribution >= 4 is 22.5 Å². The zero-order valence-corrected chi connectivity index (χ0v) is 14.6. The summed E-state index contributed by atoms with van der Waals surface area (Å²) in [6.45, 7) is 1.61. The van der Waals surface area contributed by atoms with Gasteiger partial charge < -0.3 is 9.64 Å². The van der Waals surface area contributed by atoms with Crippen LogP contribution in [0, 0.1) is 5.92 Å². The molecule has 128 valence electrons. The number of urea groups is 1. The van der Waals surface area contributed by atoms with Crippen molar-refractivity contribution in [3.05, 3.63) is 35.3 Å². The van der Waals surface area contributed by atoms with Gasteiger partial charge in [-0.05, 0) is 49.3 Å². The van der Waals surface area contributed by atoms with Gasteiger partial charge in [0, 0.05) is 13.1 Å². The highest BCUT2D eigenvalue weighted by Gasteiger charge is 2.23. The maximum Gasteiger partial charge on any atom is 0.323 e. The number of benzene rings is 1. The van der Waals surface area contributed by atoms with Crippen LogP contribution in [0.2, 0.25) is 0 Å². The van der Waals surface area contributed by atoms with Crippen LogP contribution in [0.4, 0.5) is 9.93 Å². The molecule has 0 unspecified atom stereocenters. The third kappa shape index (κ3) is 4.44. The summed E-state index contributed by atoms with van der Waals surface area (Å²) in [6, 6.07) is 8.21. The summed E-state index contributed by atoms with van der Waals surface area (Å²) >= 11 is 1.33. The van der Waals surface area contributed by atoms with Gasteiger partial charge in [0.1, 0.15) is 11.3 Å². The first kappa shape index (κ1) is 16.7. The number of anilines is 1. The minimum atomic E-state index is -0.0691. The highest BCUT2D eigenvalue weighted by molar-refractivity contribution is 7.13. The highest BCUT2D eigenvalue weighted by atomic mass is 32.1. The first-order valence-corrected chi connectivity index (χ1v) is 9.07. The maximum atomic E-state index is 12.2. The molecule has 0 aliphatic carbocycles. The van der Waals surface area contributed by atoms with Gasteiger partial charge in [-0.2, -0.15) is 0 Å². The van der Waals surface area contributed by atoms with Crippen molar-refractivity contribution in [3.63, 3.8) is 0 Å². The molecule has 7 heteroatoms.